The molecule has 1 atom stereocenters. The molecule has 0 aliphatic carbocycles. The second-order valence-electron chi connectivity index (χ2n) is 7.73. The van der Waals surface area contributed by atoms with E-state index >= 15 is 0 Å². The summed E-state index contributed by atoms with van der Waals surface area (Å²) in [5.74, 6) is 0.119. The standard InChI is InChI=1S/C24H24N4O3/c1-16-14-22-25-21(15-20(28(22)27-16)17-6-4-3-5-7-17)26-23(30)18-8-10-19(11-9-18)24(2,31)12-13-29/h3-11,14-15,29,31H,12-13H2,1-2H3,(H,25,26,30)/t24-/m1/s1. The van der Waals surface area contributed by atoms with Crippen LogP contribution in [0.5, 0.6) is 0 Å². The molecule has 0 aliphatic heterocycles. The van der Waals surface area contributed by atoms with Crippen LogP contribution in [-0.2, 0) is 5.60 Å². The molecule has 31 heavy (non-hydrogen) atoms. The minimum Gasteiger partial charge on any atom is -0.396 e. The Morgan fingerprint density at radius 2 is 1.81 bits per heavy atom. The van der Waals surface area contributed by atoms with Crippen molar-refractivity contribution in [3.8, 4) is 11.3 Å². The van der Waals surface area contributed by atoms with E-state index < -0.39 is 5.60 Å². The summed E-state index contributed by atoms with van der Waals surface area (Å²) in [4.78, 5) is 17.3. The zero-order chi connectivity index (χ0) is 22.0. The number of carbonyl (C=O) groups excluding carboxylic acids is 1. The molecule has 0 bridgehead atoms. The van der Waals surface area contributed by atoms with Gasteiger partial charge in [0.05, 0.1) is 17.0 Å². The van der Waals surface area contributed by atoms with Crippen molar-refractivity contribution < 1.29 is 15.0 Å². The van der Waals surface area contributed by atoms with Crippen LogP contribution < -0.4 is 5.32 Å². The van der Waals surface area contributed by atoms with E-state index in [0.717, 1.165) is 17.0 Å². The second-order valence-corrected chi connectivity index (χ2v) is 7.73. The third-order valence-electron chi connectivity index (χ3n) is 5.23. The quantitative estimate of drug-likeness (QED) is 0.446. The Balaban J connectivity index is 1.63. The smallest absolute Gasteiger partial charge is 0.256 e. The first-order valence-corrected chi connectivity index (χ1v) is 10.1. The van der Waals surface area contributed by atoms with Crippen LogP contribution in [0.4, 0.5) is 5.82 Å². The number of benzene rings is 2. The number of nitrogens with zero attached hydrogens (tertiary/aromatic N) is 3. The Morgan fingerprint density at radius 3 is 2.48 bits per heavy atom. The van der Waals surface area contributed by atoms with E-state index in [2.05, 4.69) is 15.4 Å². The number of fused-ring (bicyclic) bond motifs is 1. The number of aliphatic hydroxyl groups is 2. The SMILES string of the molecule is Cc1cc2nc(NC(=O)c3ccc([C@](C)(O)CCO)cc3)cc(-c3ccccc3)n2n1. The number of amides is 1. The number of nitrogens with one attached hydrogen (secondary N) is 1. The first-order valence-electron chi connectivity index (χ1n) is 10.1. The molecule has 7 heteroatoms. The summed E-state index contributed by atoms with van der Waals surface area (Å²) in [5.41, 5.74) is 3.19. The van der Waals surface area contributed by atoms with Gasteiger partial charge in [-0.05, 0) is 31.5 Å². The van der Waals surface area contributed by atoms with Crippen LogP contribution in [0.15, 0.2) is 66.7 Å². The molecule has 0 fully saturated rings. The van der Waals surface area contributed by atoms with Crippen LogP contribution in [0.2, 0.25) is 0 Å². The van der Waals surface area contributed by atoms with Gasteiger partial charge in [-0.25, -0.2) is 9.50 Å². The Morgan fingerprint density at radius 1 is 1.10 bits per heavy atom. The molecule has 3 N–H and O–H groups in total. The number of anilines is 1. The molecule has 1 amide bonds. The minimum absolute atomic E-state index is 0.124. The predicted octanol–water partition coefficient (Wildman–Crippen LogP) is 3.55. The number of aromatic nitrogens is 3. The molecular weight excluding hydrogens is 392 g/mol. The van der Waals surface area contributed by atoms with Crippen molar-refractivity contribution in [2.24, 2.45) is 0 Å². The molecule has 0 radical (unpaired) electrons. The van der Waals surface area contributed by atoms with Crippen LogP contribution >= 0.6 is 0 Å². The Hall–Kier alpha value is -3.55. The van der Waals surface area contributed by atoms with Crippen molar-refractivity contribution in [1.82, 2.24) is 14.6 Å². The predicted molar refractivity (Wildman–Crippen MR) is 119 cm³/mol. The van der Waals surface area contributed by atoms with Crippen LogP contribution in [0, 0.1) is 6.92 Å². The maximum atomic E-state index is 12.8. The lowest BCUT2D eigenvalue weighted by atomic mass is 9.92. The number of aryl methyl sites for hydroxylation is 1. The van der Waals surface area contributed by atoms with Gasteiger partial charge in [0.15, 0.2) is 5.65 Å². The van der Waals surface area contributed by atoms with Crippen LogP contribution in [0.25, 0.3) is 16.9 Å². The van der Waals surface area contributed by atoms with E-state index in [0.29, 0.717) is 22.6 Å². The molecule has 4 aromatic rings. The number of aliphatic hydroxyl groups excluding tert-OH is 1. The minimum atomic E-state index is -1.15. The highest BCUT2D eigenvalue weighted by Crippen LogP contribution is 2.26. The molecule has 0 aliphatic rings. The van der Waals surface area contributed by atoms with Gasteiger partial charge >= 0.3 is 0 Å². The molecule has 0 saturated carbocycles. The maximum Gasteiger partial charge on any atom is 0.256 e. The monoisotopic (exact) mass is 416 g/mol. The number of hydrogen-bond donors (Lipinski definition) is 3. The van der Waals surface area contributed by atoms with Gasteiger partial charge in [-0.1, -0.05) is 42.5 Å². The number of carbonyl (C=O) groups is 1. The fourth-order valence-corrected chi connectivity index (χ4v) is 3.50. The van der Waals surface area contributed by atoms with Crippen molar-refractivity contribution in [1.29, 1.82) is 0 Å². The lowest BCUT2D eigenvalue weighted by molar-refractivity contribution is 0.0299. The third kappa shape index (κ3) is 4.33. The largest absolute Gasteiger partial charge is 0.396 e. The molecule has 2 aromatic carbocycles. The molecule has 0 spiro atoms. The fourth-order valence-electron chi connectivity index (χ4n) is 3.50. The Labute approximate surface area is 180 Å². The Bertz CT molecular complexity index is 1220. The average Bonchev–Trinajstić information content (AvgIpc) is 3.14. The topological polar surface area (TPSA) is 99.8 Å². The summed E-state index contributed by atoms with van der Waals surface area (Å²) in [7, 11) is 0. The molecule has 2 heterocycles. The van der Waals surface area contributed by atoms with Gasteiger partial charge in [0, 0.05) is 36.3 Å². The van der Waals surface area contributed by atoms with Gasteiger partial charge in [0.1, 0.15) is 5.82 Å². The van der Waals surface area contributed by atoms with Gasteiger partial charge in [0.2, 0.25) is 0 Å². The van der Waals surface area contributed by atoms with Crippen molar-refractivity contribution in [3.05, 3.63) is 83.6 Å². The lowest BCUT2D eigenvalue weighted by Crippen LogP contribution is -2.23. The van der Waals surface area contributed by atoms with Crippen molar-refractivity contribution in [3.63, 3.8) is 0 Å². The van der Waals surface area contributed by atoms with E-state index in [1.807, 2.05) is 43.3 Å². The third-order valence-corrected chi connectivity index (χ3v) is 5.23. The highest BCUT2D eigenvalue weighted by atomic mass is 16.3. The highest BCUT2D eigenvalue weighted by Gasteiger charge is 2.22. The van der Waals surface area contributed by atoms with Gasteiger partial charge < -0.3 is 15.5 Å². The molecule has 2 aromatic heterocycles. The van der Waals surface area contributed by atoms with E-state index in [9.17, 15) is 9.90 Å². The van der Waals surface area contributed by atoms with Gasteiger partial charge in [-0.2, -0.15) is 5.10 Å². The molecule has 0 saturated heterocycles. The summed E-state index contributed by atoms with van der Waals surface area (Å²) in [5, 5.41) is 26.9. The zero-order valence-corrected chi connectivity index (χ0v) is 17.4. The highest BCUT2D eigenvalue weighted by molar-refractivity contribution is 6.04. The molecule has 4 rings (SSSR count). The molecular formula is C24H24N4O3. The summed E-state index contributed by atoms with van der Waals surface area (Å²) in [6, 6.07) is 20.1. The summed E-state index contributed by atoms with van der Waals surface area (Å²) >= 11 is 0. The summed E-state index contributed by atoms with van der Waals surface area (Å²) in [6.07, 6.45) is 0.218. The first kappa shape index (κ1) is 20.7. The number of hydrogen-bond acceptors (Lipinski definition) is 5. The fraction of sp³-hybridized carbons (Fsp3) is 0.208. The van der Waals surface area contributed by atoms with Crippen LogP contribution in [0.3, 0.4) is 0 Å². The van der Waals surface area contributed by atoms with E-state index in [1.165, 1.54) is 0 Å². The van der Waals surface area contributed by atoms with Crippen molar-refractivity contribution >= 4 is 17.4 Å². The zero-order valence-electron chi connectivity index (χ0n) is 17.4. The molecule has 158 valence electrons. The maximum absolute atomic E-state index is 12.8. The Kier molecular flexibility index (Phi) is 5.54. The van der Waals surface area contributed by atoms with Crippen LogP contribution in [0.1, 0.15) is 35.0 Å². The van der Waals surface area contributed by atoms with E-state index in [1.54, 1.807) is 41.8 Å². The van der Waals surface area contributed by atoms with E-state index in [4.69, 9.17) is 5.11 Å². The van der Waals surface area contributed by atoms with Crippen LogP contribution in [-0.4, -0.2) is 37.3 Å². The van der Waals surface area contributed by atoms with Gasteiger partial charge in [-0.15, -0.1) is 0 Å². The van der Waals surface area contributed by atoms with E-state index in [-0.39, 0.29) is 18.9 Å². The molecule has 7 nitrogen and oxygen atoms in total. The summed E-state index contributed by atoms with van der Waals surface area (Å²) < 4.78 is 1.76. The normalized spacial score (nSPS) is 13.2. The first-order chi connectivity index (χ1) is 14.9. The number of rotatable bonds is 6. The average molecular weight is 416 g/mol. The molecule has 0 unspecified atom stereocenters. The second kappa shape index (κ2) is 8.29. The van der Waals surface area contributed by atoms with Gasteiger partial charge in [0.25, 0.3) is 5.91 Å². The van der Waals surface area contributed by atoms with Crippen molar-refractivity contribution in [2.75, 3.05) is 11.9 Å². The van der Waals surface area contributed by atoms with Crippen molar-refractivity contribution in [2.45, 2.75) is 25.9 Å². The lowest BCUT2D eigenvalue weighted by Gasteiger charge is -2.22. The summed E-state index contributed by atoms with van der Waals surface area (Å²) in [6.45, 7) is 3.41. The van der Waals surface area contributed by atoms with Gasteiger partial charge in [-0.3, -0.25) is 4.79 Å².